The third-order valence-electron chi connectivity index (χ3n) is 5.21. The van der Waals surface area contributed by atoms with Gasteiger partial charge in [-0.15, -0.1) is 0 Å². The summed E-state index contributed by atoms with van der Waals surface area (Å²) in [6, 6.07) is 0. The Hall–Kier alpha value is -1.06. The number of carboxylic acids is 1. The second kappa shape index (κ2) is 7.81. The molecule has 0 bridgehead atoms. The Morgan fingerprint density at radius 3 is 2.24 bits per heavy atom. The Kier molecular flexibility index (Phi) is 6.07. The Morgan fingerprint density at radius 1 is 1.00 bits per heavy atom. The van der Waals surface area contributed by atoms with Crippen molar-refractivity contribution >= 4 is 11.9 Å². The smallest absolute Gasteiger partial charge is 0.305 e. The van der Waals surface area contributed by atoms with E-state index in [1.165, 1.54) is 32.1 Å². The number of hydrogen-bond acceptors (Lipinski definition) is 2. The number of carbonyl (C=O) groups is 2. The van der Waals surface area contributed by atoms with E-state index >= 15 is 0 Å². The highest BCUT2D eigenvalue weighted by Crippen LogP contribution is 2.32. The molecular formula is C17H29NO3. The van der Waals surface area contributed by atoms with Crippen molar-refractivity contribution in [2.75, 3.05) is 0 Å². The summed E-state index contributed by atoms with van der Waals surface area (Å²) in [4.78, 5) is 23.3. The predicted octanol–water partition coefficient (Wildman–Crippen LogP) is 3.64. The molecule has 0 saturated heterocycles. The molecule has 2 rings (SSSR count). The van der Waals surface area contributed by atoms with Gasteiger partial charge >= 0.3 is 5.97 Å². The van der Waals surface area contributed by atoms with Crippen LogP contribution >= 0.6 is 0 Å². The highest BCUT2D eigenvalue weighted by Gasteiger charge is 2.35. The van der Waals surface area contributed by atoms with E-state index in [9.17, 15) is 9.59 Å². The fraction of sp³-hybridized carbons (Fsp3) is 0.882. The van der Waals surface area contributed by atoms with E-state index in [-0.39, 0.29) is 12.3 Å². The number of hydrogen-bond donors (Lipinski definition) is 2. The first kappa shape index (κ1) is 16.3. The highest BCUT2D eigenvalue weighted by molar-refractivity contribution is 5.78. The molecule has 0 aromatic carbocycles. The van der Waals surface area contributed by atoms with Gasteiger partial charge in [0.15, 0.2) is 0 Å². The van der Waals surface area contributed by atoms with Crippen molar-refractivity contribution in [3.63, 3.8) is 0 Å². The van der Waals surface area contributed by atoms with Crippen molar-refractivity contribution in [1.29, 1.82) is 0 Å². The SMILES string of the molecule is O=C(O)CC1(NC(=O)CCC2CCCCC2)CCCCC1. The van der Waals surface area contributed by atoms with Crippen LogP contribution in [0, 0.1) is 5.92 Å². The lowest BCUT2D eigenvalue weighted by Crippen LogP contribution is -2.51. The van der Waals surface area contributed by atoms with Gasteiger partial charge in [0.25, 0.3) is 0 Å². The van der Waals surface area contributed by atoms with Gasteiger partial charge in [0, 0.05) is 6.42 Å². The van der Waals surface area contributed by atoms with E-state index < -0.39 is 11.5 Å². The number of amides is 1. The molecule has 0 atom stereocenters. The van der Waals surface area contributed by atoms with E-state index in [1.807, 2.05) is 0 Å². The molecule has 21 heavy (non-hydrogen) atoms. The summed E-state index contributed by atoms with van der Waals surface area (Å²) in [6.45, 7) is 0. The first-order valence-corrected chi connectivity index (χ1v) is 8.62. The van der Waals surface area contributed by atoms with Gasteiger partial charge in [0.1, 0.15) is 0 Å². The van der Waals surface area contributed by atoms with Crippen LogP contribution in [-0.4, -0.2) is 22.5 Å². The van der Waals surface area contributed by atoms with E-state index in [0.717, 1.165) is 38.5 Å². The van der Waals surface area contributed by atoms with E-state index in [2.05, 4.69) is 5.32 Å². The molecule has 2 saturated carbocycles. The van der Waals surface area contributed by atoms with Crippen LogP contribution in [-0.2, 0) is 9.59 Å². The fourth-order valence-corrected chi connectivity index (χ4v) is 4.03. The fourth-order valence-electron chi connectivity index (χ4n) is 4.03. The van der Waals surface area contributed by atoms with Gasteiger partial charge < -0.3 is 10.4 Å². The normalized spacial score (nSPS) is 22.7. The lowest BCUT2D eigenvalue weighted by Gasteiger charge is -2.37. The van der Waals surface area contributed by atoms with Gasteiger partial charge in [0.05, 0.1) is 12.0 Å². The molecule has 2 aliphatic carbocycles. The zero-order chi connectivity index (χ0) is 15.1. The standard InChI is InChI=1S/C17H29NO3/c19-15(10-9-14-7-3-1-4-8-14)18-17(13-16(20)21)11-5-2-6-12-17/h14H,1-13H2,(H,18,19)(H,20,21). The summed E-state index contributed by atoms with van der Waals surface area (Å²) >= 11 is 0. The first-order chi connectivity index (χ1) is 10.1. The van der Waals surface area contributed by atoms with Gasteiger partial charge in [-0.3, -0.25) is 9.59 Å². The van der Waals surface area contributed by atoms with Crippen molar-refractivity contribution in [2.45, 2.75) is 89.0 Å². The molecule has 0 aromatic rings. The van der Waals surface area contributed by atoms with Crippen LogP contribution in [0.1, 0.15) is 83.5 Å². The van der Waals surface area contributed by atoms with Gasteiger partial charge in [-0.2, -0.15) is 0 Å². The van der Waals surface area contributed by atoms with Crippen molar-refractivity contribution in [3.05, 3.63) is 0 Å². The summed E-state index contributed by atoms with van der Waals surface area (Å²) in [7, 11) is 0. The minimum absolute atomic E-state index is 0.0590. The van der Waals surface area contributed by atoms with Gasteiger partial charge in [-0.25, -0.2) is 0 Å². The molecule has 2 fully saturated rings. The molecule has 2 N–H and O–H groups in total. The molecule has 4 nitrogen and oxygen atoms in total. The Bertz CT molecular complexity index is 355. The second-order valence-corrected chi connectivity index (χ2v) is 7.00. The van der Waals surface area contributed by atoms with Crippen LogP contribution in [0.3, 0.4) is 0 Å². The molecule has 120 valence electrons. The van der Waals surface area contributed by atoms with Crippen LogP contribution in [0.15, 0.2) is 0 Å². The maximum Gasteiger partial charge on any atom is 0.305 e. The lowest BCUT2D eigenvalue weighted by molar-refractivity contribution is -0.139. The summed E-state index contributed by atoms with van der Waals surface area (Å²) in [5, 5.41) is 12.2. The zero-order valence-corrected chi connectivity index (χ0v) is 13.0. The summed E-state index contributed by atoms with van der Waals surface area (Å²) < 4.78 is 0. The molecular weight excluding hydrogens is 266 g/mol. The summed E-state index contributed by atoms with van der Waals surface area (Å²) in [6.07, 6.45) is 12.9. The minimum Gasteiger partial charge on any atom is -0.481 e. The number of nitrogens with one attached hydrogen (secondary N) is 1. The zero-order valence-electron chi connectivity index (χ0n) is 13.0. The molecule has 0 aromatic heterocycles. The molecule has 0 radical (unpaired) electrons. The van der Waals surface area contributed by atoms with E-state index in [4.69, 9.17) is 5.11 Å². The second-order valence-electron chi connectivity index (χ2n) is 7.00. The van der Waals surface area contributed by atoms with Crippen molar-refractivity contribution in [1.82, 2.24) is 5.32 Å². The molecule has 1 amide bonds. The summed E-state index contributed by atoms with van der Waals surface area (Å²) in [5.74, 6) is -0.0421. The quantitative estimate of drug-likeness (QED) is 0.786. The Balaban J connectivity index is 1.81. The summed E-state index contributed by atoms with van der Waals surface area (Å²) in [5.41, 5.74) is -0.478. The molecule has 2 aliphatic rings. The van der Waals surface area contributed by atoms with Crippen LogP contribution in [0.25, 0.3) is 0 Å². The number of carbonyl (C=O) groups excluding carboxylic acids is 1. The largest absolute Gasteiger partial charge is 0.481 e. The number of rotatable bonds is 6. The van der Waals surface area contributed by atoms with E-state index in [1.54, 1.807) is 0 Å². The average Bonchev–Trinajstić information content (AvgIpc) is 2.46. The Morgan fingerprint density at radius 2 is 1.62 bits per heavy atom. The highest BCUT2D eigenvalue weighted by atomic mass is 16.4. The Labute approximate surface area is 127 Å². The van der Waals surface area contributed by atoms with Crippen molar-refractivity contribution in [2.24, 2.45) is 5.92 Å². The van der Waals surface area contributed by atoms with Gasteiger partial charge in [-0.1, -0.05) is 51.4 Å². The average molecular weight is 295 g/mol. The molecule has 0 unspecified atom stereocenters. The predicted molar refractivity (Wildman–Crippen MR) is 82.0 cm³/mol. The number of aliphatic carboxylic acids is 1. The van der Waals surface area contributed by atoms with Crippen LogP contribution < -0.4 is 5.32 Å². The van der Waals surface area contributed by atoms with Crippen LogP contribution in [0.4, 0.5) is 0 Å². The topological polar surface area (TPSA) is 66.4 Å². The van der Waals surface area contributed by atoms with Crippen LogP contribution in [0.2, 0.25) is 0 Å². The van der Waals surface area contributed by atoms with Gasteiger partial charge in [0.2, 0.25) is 5.91 Å². The molecule has 0 aliphatic heterocycles. The third kappa shape index (κ3) is 5.33. The molecule has 0 heterocycles. The maximum atomic E-state index is 12.2. The monoisotopic (exact) mass is 295 g/mol. The number of carboxylic acid groups (broad SMARTS) is 1. The first-order valence-electron chi connectivity index (χ1n) is 8.62. The van der Waals surface area contributed by atoms with Crippen molar-refractivity contribution in [3.8, 4) is 0 Å². The minimum atomic E-state index is -0.801. The maximum absolute atomic E-state index is 12.2. The van der Waals surface area contributed by atoms with E-state index in [0.29, 0.717) is 12.3 Å². The molecule has 0 spiro atoms. The third-order valence-corrected chi connectivity index (χ3v) is 5.21. The van der Waals surface area contributed by atoms with Crippen molar-refractivity contribution < 1.29 is 14.7 Å². The lowest BCUT2D eigenvalue weighted by atomic mass is 9.79. The van der Waals surface area contributed by atoms with Gasteiger partial charge in [-0.05, 0) is 25.2 Å². The molecule has 4 heteroatoms. The van der Waals surface area contributed by atoms with Crippen LogP contribution in [0.5, 0.6) is 0 Å².